The molecule has 0 N–H and O–H groups in total. The minimum Gasteiger partial charge on any atom is -0.337 e. The van der Waals surface area contributed by atoms with Gasteiger partial charge in [0.15, 0.2) is 0 Å². The first kappa shape index (κ1) is 14.8. The van der Waals surface area contributed by atoms with Gasteiger partial charge in [0, 0.05) is 18.5 Å². The molecule has 5 unspecified atom stereocenters. The molecule has 0 aromatic carbocycles. The monoisotopic (exact) mass is 301 g/mol. The molecular formula is C20H31NO. The van der Waals surface area contributed by atoms with E-state index in [0.717, 1.165) is 37.1 Å². The molecule has 4 rings (SSSR count). The van der Waals surface area contributed by atoms with Crippen LogP contribution in [0.1, 0.15) is 72.1 Å². The minimum atomic E-state index is 0.147. The van der Waals surface area contributed by atoms with Crippen LogP contribution in [0.25, 0.3) is 0 Å². The summed E-state index contributed by atoms with van der Waals surface area (Å²) >= 11 is 0. The maximum Gasteiger partial charge on any atom is 0.223 e. The Labute approximate surface area is 135 Å². The second kappa shape index (κ2) is 4.85. The molecule has 22 heavy (non-hydrogen) atoms. The predicted octanol–water partition coefficient (Wildman–Crippen LogP) is 4.55. The van der Waals surface area contributed by atoms with E-state index in [4.69, 9.17) is 0 Å². The van der Waals surface area contributed by atoms with Crippen molar-refractivity contribution >= 4 is 5.91 Å². The molecule has 122 valence electrons. The highest BCUT2D eigenvalue weighted by molar-refractivity contribution is 5.77. The van der Waals surface area contributed by atoms with Crippen molar-refractivity contribution in [2.45, 2.75) is 77.7 Å². The first-order chi connectivity index (χ1) is 10.5. The van der Waals surface area contributed by atoms with Gasteiger partial charge in [0.05, 0.1) is 0 Å². The molecule has 2 aliphatic carbocycles. The second-order valence-electron chi connectivity index (χ2n) is 8.85. The lowest BCUT2D eigenvalue weighted by Crippen LogP contribution is -2.62. The SMILES string of the molecule is CC1=CCC2C3CCN4C(=O)CCCCC4(C)C3CCC12C. The van der Waals surface area contributed by atoms with E-state index < -0.39 is 0 Å². The fourth-order valence-corrected chi connectivity index (χ4v) is 6.60. The third kappa shape index (κ3) is 1.82. The van der Waals surface area contributed by atoms with E-state index in [-0.39, 0.29) is 5.54 Å². The van der Waals surface area contributed by atoms with Crippen LogP contribution < -0.4 is 0 Å². The van der Waals surface area contributed by atoms with Crippen LogP contribution in [0, 0.1) is 23.2 Å². The van der Waals surface area contributed by atoms with Crippen LogP contribution in [0.4, 0.5) is 0 Å². The van der Waals surface area contributed by atoms with Gasteiger partial charge in [-0.05, 0) is 75.5 Å². The molecule has 2 saturated heterocycles. The molecule has 1 saturated carbocycles. The van der Waals surface area contributed by atoms with Crippen molar-refractivity contribution in [1.29, 1.82) is 0 Å². The van der Waals surface area contributed by atoms with Gasteiger partial charge < -0.3 is 4.90 Å². The Morgan fingerprint density at radius 1 is 1.14 bits per heavy atom. The van der Waals surface area contributed by atoms with Crippen LogP contribution in [0.5, 0.6) is 0 Å². The highest BCUT2D eigenvalue weighted by Gasteiger charge is 2.57. The molecule has 2 heterocycles. The quantitative estimate of drug-likeness (QED) is 0.601. The van der Waals surface area contributed by atoms with Gasteiger partial charge in [-0.25, -0.2) is 0 Å². The van der Waals surface area contributed by atoms with Crippen LogP contribution >= 0.6 is 0 Å². The van der Waals surface area contributed by atoms with Crippen molar-refractivity contribution in [2.75, 3.05) is 6.54 Å². The van der Waals surface area contributed by atoms with Gasteiger partial charge in [0.2, 0.25) is 5.91 Å². The van der Waals surface area contributed by atoms with Gasteiger partial charge in [0.1, 0.15) is 0 Å². The Hall–Kier alpha value is -0.790. The van der Waals surface area contributed by atoms with E-state index in [1.54, 1.807) is 5.57 Å². The van der Waals surface area contributed by atoms with E-state index in [1.165, 1.54) is 38.5 Å². The number of hydrogen-bond donors (Lipinski definition) is 0. The number of carbonyl (C=O) groups is 1. The topological polar surface area (TPSA) is 20.3 Å². The average Bonchev–Trinajstić information content (AvgIpc) is 2.70. The summed E-state index contributed by atoms with van der Waals surface area (Å²) in [6.45, 7) is 8.30. The zero-order chi connectivity index (χ0) is 15.5. The number of nitrogens with zero attached hydrogens (tertiary/aromatic N) is 1. The number of piperidine rings is 1. The molecule has 2 heteroatoms. The van der Waals surface area contributed by atoms with Crippen molar-refractivity contribution in [3.8, 4) is 0 Å². The lowest BCUT2D eigenvalue weighted by Gasteiger charge is -2.59. The molecule has 0 spiro atoms. The van der Waals surface area contributed by atoms with Crippen molar-refractivity contribution in [2.24, 2.45) is 23.2 Å². The zero-order valence-corrected chi connectivity index (χ0v) is 14.5. The number of carbonyl (C=O) groups excluding carboxylic acids is 1. The normalized spacial score (nSPS) is 48.1. The summed E-state index contributed by atoms with van der Waals surface area (Å²) in [5.74, 6) is 2.84. The van der Waals surface area contributed by atoms with Crippen LogP contribution in [-0.4, -0.2) is 22.9 Å². The van der Waals surface area contributed by atoms with E-state index in [9.17, 15) is 4.79 Å². The minimum absolute atomic E-state index is 0.147. The number of amides is 1. The zero-order valence-electron chi connectivity index (χ0n) is 14.5. The summed E-state index contributed by atoms with van der Waals surface area (Å²) in [4.78, 5) is 14.9. The molecule has 2 aliphatic heterocycles. The van der Waals surface area contributed by atoms with E-state index in [2.05, 4.69) is 31.7 Å². The fraction of sp³-hybridized carbons (Fsp3) is 0.850. The second-order valence-corrected chi connectivity index (χ2v) is 8.85. The molecule has 3 fully saturated rings. The third-order valence-electron chi connectivity index (χ3n) is 8.13. The molecule has 0 aromatic heterocycles. The highest BCUT2D eigenvalue weighted by Crippen LogP contribution is 2.61. The smallest absolute Gasteiger partial charge is 0.223 e. The van der Waals surface area contributed by atoms with E-state index in [1.807, 2.05) is 0 Å². The van der Waals surface area contributed by atoms with Crippen LogP contribution in [-0.2, 0) is 4.79 Å². The summed E-state index contributed by atoms with van der Waals surface area (Å²) in [5, 5.41) is 0. The molecule has 5 atom stereocenters. The standard InChI is InChI=1S/C20H31NO/c1-14-7-8-16-15-10-13-21-18(22)6-4-5-11-20(21,3)17(15)9-12-19(14,16)2/h7,15-17H,4-6,8-13H2,1-3H3. The molecule has 0 aromatic rings. The molecular weight excluding hydrogens is 270 g/mol. The Balaban J connectivity index is 1.67. The van der Waals surface area contributed by atoms with Gasteiger partial charge in [-0.2, -0.15) is 0 Å². The first-order valence-electron chi connectivity index (χ1n) is 9.44. The van der Waals surface area contributed by atoms with Crippen LogP contribution in [0.15, 0.2) is 11.6 Å². The first-order valence-corrected chi connectivity index (χ1v) is 9.44. The Kier molecular flexibility index (Phi) is 3.26. The van der Waals surface area contributed by atoms with Crippen molar-refractivity contribution < 1.29 is 4.79 Å². The molecule has 0 bridgehead atoms. The van der Waals surface area contributed by atoms with Crippen molar-refractivity contribution in [3.63, 3.8) is 0 Å². The summed E-state index contributed by atoms with van der Waals surface area (Å²) in [7, 11) is 0. The van der Waals surface area contributed by atoms with Gasteiger partial charge in [0.25, 0.3) is 0 Å². The van der Waals surface area contributed by atoms with Crippen molar-refractivity contribution in [3.05, 3.63) is 11.6 Å². The van der Waals surface area contributed by atoms with Gasteiger partial charge in [-0.15, -0.1) is 0 Å². The summed E-state index contributed by atoms with van der Waals surface area (Å²) in [6, 6.07) is 0. The largest absolute Gasteiger partial charge is 0.337 e. The van der Waals surface area contributed by atoms with E-state index >= 15 is 0 Å². The Morgan fingerprint density at radius 2 is 1.95 bits per heavy atom. The van der Waals surface area contributed by atoms with Gasteiger partial charge >= 0.3 is 0 Å². The van der Waals surface area contributed by atoms with Gasteiger partial charge in [-0.1, -0.05) is 25.0 Å². The Morgan fingerprint density at radius 3 is 2.77 bits per heavy atom. The van der Waals surface area contributed by atoms with Crippen LogP contribution in [0.3, 0.4) is 0 Å². The van der Waals surface area contributed by atoms with Crippen molar-refractivity contribution in [1.82, 2.24) is 4.90 Å². The fourth-order valence-electron chi connectivity index (χ4n) is 6.60. The van der Waals surface area contributed by atoms with Gasteiger partial charge in [-0.3, -0.25) is 4.79 Å². The lowest BCUT2D eigenvalue weighted by molar-refractivity contribution is -0.150. The maximum absolute atomic E-state index is 12.6. The van der Waals surface area contributed by atoms with Crippen LogP contribution in [0.2, 0.25) is 0 Å². The third-order valence-corrected chi connectivity index (χ3v) is 8.13. The maximum atomic E-state index is 12.6. The summed E-state index contributed by atoms with van der Waals surface area (Å²) in [6.07, 6.45) is 12.1. The molecule has 4 aliphatic rings. The summed E-state index contributed by atoms with van der Waals surface area (Å²) < 4.78 is 0. The molecule has 2 nitrogen and oxygen atoms in total. The number of hydrogen-bond acceptors (Lipinski definition) is 1. The highest BCUT2D eigenvalue weighted by atomic mass is 16.2. The number of allylic oxidation sites excluding steroid dienone is 2. The average molecular weight is 301 g/mol. The Bertz CT molecular complexity index is 524. The number of rotatable bonds is 0. The summed E-state index contributed by atoms with van der Waals surface area (Å²) in [5.41, 5.74) is 2.24. The lowest BCUT2D eigenvalue weighted by atomic mass is 9.52. The molecule has 0 radical (unpaired) electrons. The predicted molar refractivity (Wildman–Crippen MR) is 89.4 cm³/mol. The number of fused-ring (bicyclic) bond motifs is 5. The van der Waals surface area contributed by atoms with E-state index in [0.29, 0.717) is 11.3 Å². The molecule has 1 amide bonds.